The molecule has 1 aromatic carbocycles. The first-order valence-electron chi connectivity index (χ1n) is 13.8. The van der Waals surface area contributed by atoms with Gasteiger partial charge >= 0.3 is 18.0 Å². The third-order valence-electron chi connectivity index (χ3n) is 7.51. The molecular formula is C28H40N4O7S. The molecule has 1 aliphatic carbocycles. The third-order valence-corrected chi connectivity index (χ3v) is 9.27. The van der Waals surface area contributed by atoms with Gasteiger partial charge in [0.1, 0.15) is 0 Å². The number of amides is 5. The van der Waals surface area contributed by atoms with E-state index in [0.29, 0.717) is 55.1 Å². The minimum atomic E-state index is -4.06. The van der Waals surface area contributed by atoms with Crippen LogP contribution >= 0.6 is 0 Å². The second-order valence-corrected chi connectivity index (χ2v) is 12.3. The van der Waals surface area contributed by atoms with Crippen LogP contribution < -0.4 is 10.6 Å². The maximum atomic E-state index is 13.0. The van der Waals surface area contributed by atoms with Crippen LogP contribution in [0.1, 0.15) is 64.9 Å². The Morgan fingerprint density at radius 2 is 1.73 bits per heavy atom. The second-order valence-electron chi connectivity index (χ2n) is 10.3. The summed E-state index contributed by atoms with van der Waals surface area (Å²) >= 11 is 0. The Kier molecular flexibility index (Phi) is 10.7. The number of imide groups is 1. The van der Waals surface area contributed by atoms with Gasteiger partial charge in [-0.2, -0.15) is 0 Å². The molecule has 1 saturated carbocycles. The maximum absolute atomic E-state index is 13.0. The molecule has 2 aliphatic rings. The molecule has 5 amide bonds. The van der Waals surface area contributed by atoms with E-state index in [4.69, 9.17) is 4.74 Å². The van der Waals surface area contributed by atoms with Gasteiger partial charge in [-0.05, 0) is 74.6 Å². The number of hydrogen-bond acceptors (Lipinski definition) is 7. The van der Waals surface area contributed by atoms with E-state index in [-0.39, 0.29) is 35.3 Å². The molecule has 0 spiro atoms. The highest BCUT2D eigenvalue weighted by Gasteiger charge is 2.32. The molecule has 220 valence electrons. The molecule has 2 N–H and O–H groups in total. The van der Waals surface area contributed by atoms with Crippen molar-refractivity contribution in [3.63, 3.8) is 0 Å². The van der Waals surface area contributed by atoms with Crippen LogP contribution in [-0.4, -0.2) is 74.3 Å². The number of benzene rings is 1. The number of hydrogen-bond donors (Lipinski definition) is 2. The number of rotatable bonds is 10. The van der Waals surface area contributed by atoms with Crippen molar-refractivity contribution >= 4 is 34.0 Å². The van der Waals surface area contributed by atoms with E-state index in [1.165, 1.54) is 24.1 Å². The van der Waals surface area contributed by atoms with Gasteiger partial charge < -0.3 is 15.4 Å². The van der Waals surface area contributed by atoms with Gasteiger partial charge in [0.15, 0.2) is 0 Å². The van der Waals surface area contributed by atoms with Crippen molar-refractivity contribution in [2.75, 3.05) is 26.7 Å². The Hall–Kier alpha value is -3.41. The lowest BCUT2D eigenvalue weighted by atomic mass is 9.86. The SMILES string of the molecule is CCC(=O)OCC1CCC(NC(=O)N(C)S(=O)(=O)c2ccc(CCNC(=O)N3CC(C)=C(CC)C3=O)cc2)CC1. The van der Waals surface area contributed by atoms with Crippen LogP contribution in [0.25, 0.3) is 0 Å². The molecule has 0 atom stereocenters. The molecule has 1 aromatic rings. The van der Waals surface area contributed by atoms with Gasteiger partial charge in [-0.3, -0.25) is 14.5 Å². The van der Waals surface area contributed by atoms with Gasteiger partial charge in [0.2, 0.25) is 0 Å². The Morgan fingerprint density at radius 1 is 1.07 bits per heavy atom. The van der Waals surface area contributed by atoms with Crippen LogP contribution in [0.3, 0.4) is 0 Å². The zero-order valence-corrected chi connectivity index (χ0v) is 24.5. The van der Waals surface area contributed by atoms with E-state index < -0.39 is 22.1 Å². The highest BCUT2D eigenvalue weighted by Crippen LogP contribution is 2.25. The minimum absolute atomic E-state index is 0.0179. The van der Waals surface area contributed by atoms with Crippen molar-refractivity contribution in [3.05, 3.63) is 41.0 Å². The number of nitrogens with one attached hydrogen (secondary N) is 2. The monoisotopic (exact) mass is 576 g/mol. The van der Waals surface area contributed by atoms with Crippen LogP contribution in [0.4, 0.5) is 9.59 Å². The highest BCUT2D eigenvalue weighted by molar-refractivity contribution is 7.89. The Balaban J connectivity index is 1.45. The van der Waals surface area contributed by atoms with E-state index in [9.17, 15) is 27.6 Å². The van der Waals surface area contributed by atoms with Gasteiger partial charge in [0, 0.05) is 31.6 Å². The van der Waals surface area contributed by atoms with Crippen molar-refractivity contribution in [1.29, 1.82) is 0 Å². The quantitative estimate of drug-likeness (QED) is 0.407. The summed E-state index contributed by atoms with van der Waals surface area (Å²) in [4.78, 5) is 50.0. The Bertz CT molecular complexity index is 1240. The first kappa shape index (κ1) is 31.1. The van der Waals surface area contributed by atoms with Crippen molar-refractivity contribution in [3.8, 4) is 0 Å². The average Bonchev–Trinajstić information content (AvgIpc) is 3.24. The van der Waals surface area contributed by atoms with E-state index in [1.807, 2.05) is 13.8 Å². The fraction of sp³-hybridized carbons (Fsp3) is 0.571. The number of ether oxygens (including phenoxy) is 1. The topological polar surface area (TPSA) is 142 Å². The average molecular weight is 577 g/mol. The molecule has 0 saturated heterocycles. The summed E-state index contributed by atoms with van der Waals surface area (Å²) in [5, 5.41) is 5.55. The molecular weight excluding hydrogens is 536 g/mol. The largest absolute Gasteiger partial charge is 0.465 e. The number of carbonyl (C=O) groups excluding carboxylic acids is 4. The predicted octanol–water partition coefficient (Wildman–Crippen LogP) is 3.35. The van der Waals surface area contributed by atoms with E-state index >= 15 is 0 Å². The smallest absolute Gasteiger partial charge is 0.331 e. The Labute approximate surface area is 236 Å². The maximum Gasteiger partial charge on any atom is 0.331 e. The Morgan fingerprint density at radius 3 is 2.30 bits per heavy atom. The molecule has 40 heavy (non-hydrogen) atoms. The fourth-order valence-electron chi connectivity index (χ4n) is 4.92. The lowest BCUT2D eigenvalue weighted by molar-refractivity contribution is -0.145. The van der Waals surface area contributed by atoms with Gasteiger partial charge in [0.05, 0.1) is 18.0 Å². The zero-order chi connectivity index (χ0) is 29.4. The summed E-state index contributed by atoms with van der Waals surface area (Å²) in [5.41, 5.74) is 2.37. The minimum Gasteiger partial charge on any atom is -0.465 e. The van der Waals surface area contributed by atoms with Crippen LogP contribution in [0.15, 0.2) is 40.3 Å². The van der Waals surface area contributed by atoms with E-state index in [0.717, 1.165) is 24.0 Å². The predicted molar refractivity (Wildman–Crippen MR) is 149 cm³/mol. The van der Waals surface area contributed by atoms with Crippen molar-refractivity contribution in [1.82, 2.24) is 19.8 Å². The van der Waals surface area contributed by atoms with Crippen LogP contribution in [0, 0.1) is 5.92 Å². The van der Waals surface area contributed by atoms with Gasteiger partial charge in [-0.25, -0.2) is 22.3 Å². The number of esters is 1. The molecule has 1 aliphatic heterocycles. The lowest BCUT2D eigenvalue weighted by Crippen LogP contribution is -2.46. The highest BCUT2D eigenvalue weighted by atomic mass is 32.2. The number of nitrogens with zero attached hydrogens (tertiary/aromatic N) is 2. The summed E-state index contributed by atoms with van der Waals surface area (Å²) in [5.74, 6) is -0.243. The molecule has 1 heterocycles. The molecule has 0 unspecified atom stereocenters. The molecule has 11 nitrogen and oxygen atoms in total. The summed E-state index contributed by atoms with van der Waals surface area (Å²) in [7, 11) is -2.83. The lowest BCUT2D eigenvalue weighted by Gasteiger charge is -2.30. The number of sulfonamides is 1. The fourth-order valence-corrected chi connectivity index (χ4v) is 5.99. The third kappa shape index (κ3) is 7.61. The van der Waals surface area contributed by atoms with E-state index in [2.05, 4.69) is 10.6 Å². The molecule has 0 aromatic heterocycles. The summed E-state index contributed by atoms with van der Waals surface area (Å²) in [6, 6.07) is 4.85. The molecule has 12 heteroatoms. The van der Waals surface area contributed by atoms with Gasteiger partial charge in [0.25, 0.3) is 15.9 Å². The first-order valence-corrected chi connectivity index (χ1v) is 15.2. The van der Waals surface area contributed by atoms with Crippen molar-refractivity contribution in [2.24, 2.45) is 5.92 Å². The standard InChI is InChI=1S/C28H40N4O7S/c1-5-24-19(3)17-32(26(24)34)27(35)29-16-15-20-9-13-23(14-10-20)40(37,38)31(4)28(36)30-22-11-7-21(8-12-22)18-39-25(33)6-2/h9-10,13-14,21-22H,5-8,11-12,15-18H2,1-4H3,(H,29,35)(H,30,36). The molecule has 0 radical (unpaired) electrons. The molecule has 3 rings (SSSR count). The summed E-state index contributed by atoms with van der Waals surface area (Å²) in [6.45, 7) is 6.42. The molecule has 1 fully saturated rings. The van der Waals surface area contributed by atoms with Crippen LogP contribution in [0.2, 0.25) is 0 Å². The van der Waals surface area contributed by atoms with Gasteiger partial charge in [-0.1, -0.05) is 26.0 Å². The number of urea groups is 2. The van der Waals surface area contributed by atoms with Crippen LogP contribution in [0.5, 0.6) is 0 Å². The summed E-state index contributed by atoms with van der Waals surface area (Å²) < 4.78 is 32.0. The van der Waals surface area contributed by atoms with Crippen LogP contribution in [-0.2, 0) is 30.8 Å². The van der Waals surface area contributed by atoms with E-state index in [1.54, 1.807) is 19.1 Å². The zero-order valence-electron chi connectivity index (χ0n) is 23.7. The van der Waals surface area contributed by atoms with Crippen molar-refractivity contribution in [2.45, 2.75) is 76.7 Å². The number of carbonyl (C=O) groups is 4. The normalized spacial score (nSPS) is 19.4. The van der Waals surface area contributed by atoms with Gasteiger partial charge in [-0.15, -0.1) is 0 Å². The second kappa shape index (κ2) is 13.8. The molecule has 0 bridgehead atoms. The summed E-state index contributed by atoms with van der Waals surface area (Å²) in [6.07, 6.45) is 4.29. The first-order chi connectivity index (χ1) is 19.0. The van der Waals surface area contributed by atoms with Crippen molar-refractivity contribution < 1.29 is 32.3 Å².